The highest BCUT2D eigenvalue weighted by molar-refractivity contribution is 5.72. The van der Waals surface area contributed by atoms with Crippen LogP contribution in [-0.4, -0.2) is 48.7 Å². The van der Waals surface area contributed by atoms with Gasteiger partial charge in [-0.2, -0.15) is 9.97 Å². The second kappa shape index (κ2) is 10.5. The predicted octanol–water partition coefficient (Wildman–Crippen LogP) is 5.60. The molecule has 2 aromatic heterocycles. The average Bonchev–Trinajstić information content (AvgIpc) is 3.64. The van der Waals surface area contributed by atoms with Crippen molar-refractivity contribution in [2.45, 2.75) is 6.92 Å². The predicted molar refractivity (Wildman–Crippen MR) is 139 cm³/mol. The molecule has 0 unspecified atom stereocenters. The number of ether oxygens (including phenoxy) is 4. The maximum absolute atomic E-state index is 5.69. The first-order valence-electron chi connectivity index (χ1n) is 11.5. The number of hydrogen-bond donors (Lipinski definition) is 0. The van der Waals surface area contributed by atoms with Gasteiger partial charge in [-0.3, -0.25) is 0 Å². The summed E-state index contributed by atoms with van der Waals surface area (Å²) >= 11 is 0. The monoisotopic (exact) mass is 515 g/mol. The third-order valence-corrected chi connectivity index (χ3v) is 5.85. The third kappa shape index (κ3) is 4.57. The summed E-state index contributed by atoms with van der Waals surface area (Å²) in [6, 6.07) is 18.7. The van der Waals surface area contributed by atoms with E-state index in [9.17, 15) is 0 Å². The molecule has 0 atom stereocenters. The molecular formula is C27H25N5O6. The highest BCUT2D eigenvalue weighted by Gasteiger charge is 2.27. The van der Waals surface area contributed by atoms with Gasteiger partial charge in [-0.25, -0.2) is 4.90 Å². The Morgan fingerprint density at radius 2 is 1.08 bits per heavy atom. The summed E-state index contributed by atoms with van der Waals surface area (Å²) < 4.78 is 32.8. The molecule has 0 radical (unpaired) electrons. The van der Waals surface area contributed by atoms with Gasteiger partial charge in [-0.05, 0) is 55.0 Å². The van der Waals surface area contributed by atoms with Crippen LogP contribution >= 0.6 is 0 Å². The standard InChI is InChI=1S/C27H25N5O6/c1-16-8-6-7-9-19(16)32(26-28-24(30-37-26)17-10-12-20(33-2)22(14-17)35-4)27-29-25(31-38-27)18-11-13-21(34-3)23(15-18)36-5/h6-15H,1-5H3. The van der Waals surface area contributed by atoms with Crippen molar-refractivity contribution in [2.24, 2.45) is 0 Å². The fourth-order valence-corrected chi connectivity index (χ4v) is 3.90. The van der Waals surface area contributed by atoms with E-state index in [0.29, 0.717) is 45.8 Å². The van der Waals surface area contributed by atoms with Gasteiger partial charge < -0.3 is 28.0 Å². The van der Waals surface area contributed by atoms with E-state index in [4.69, 9.17) is 28.0 Å². The Hall–Kier alpha value is -5.06. The minimum absolute atomic E-state index is 0.145. The van der Waals surface area contributed by atoms with Crippen molar-refractivity contribution in [1.29, 1.82) is 0 Å². The molecule has 0 bridgehead atoms. The van der Waals surface area contributed by atoms with Gasteiger partial charge in [0.1, 0.15) is 0 Å². The number of para-hydroxylation sites is 1. The largest absolute Gasteiger partial charge is 0.493 e. The third-order valence-electron chi connectivity index (χ3n) is 5.85. The summed E-state index contributed by atoms with van der Waals surface area (Å²) in [6.07, 6.45) is 0. The quantitative estimate of drug-likeness (QED) is 0.244. The van der Waals surface area contributed by atoms with Crippen LogP contribution in [0.15, 0.2) is 69.7 Å². The summed E-state index contributed by atoms with van der Waals surface area (Å²) in [5.41, 5.74) is 3.03. The van der Waals surface area contributed by atoms with E-state index in [1.54, 1.807) is 57.6 Å². The van der Waals surface area contributed by atoms with Gasteiger partial charge in [-0.1, -0.05) is 28.5 Å². The van der Waals surface area contributed by atoms with E-state index in [1.165, 1.54) is 0 Å². The molecule has 5 rings (SSSR count). The fraction of sp³-hybridized carbons (Fsp3) is 0.185. The van der Waals surface area contributed by atoms with Crippen molar-refractivity contribution >= 4 is 17.7 Å². The van der Waals surface area contributed by atoms with Crippen LogP contribution in [0.2, 0.25) is 0 Å². The summed E-state index contributed by atoms with van der Waals surface area (Å²) in [6.45, 7) is 1.96. The van der Waals surface area contributed by atoms with Crippen molar-refractivity contribution in [3.05, 3.63) is 66.2 Å². The van der Waals surface area contributed by atoms with Gasteiger partial charge >= 0.3 is 12.0 Å². The molecule has 0 amide bonds. The topological polar surface area (TPSA) is 118 Å². The number of nitrogens with zero attached hydrogens (tertiary/aromatic N) is 5. The highest BCUT2D eigenvalue weighted by atomic mass is 16.5. The second-order valence-corrected chi connectivity index (χ2v) is 8.06. The molecule has 0 aliphatic rings. The van der Waals surface area contributed by atoms with Crippen molar-refractivity contribution in [3.8, 4) is 45.8 Å². The first-order valence-corrected chi connectivity index (χ1v) is 11.5. The molecule has 0 saturated carbocycles. The first kappa shape index (κ1) is 24.6. The van der Waals surface area contributed by atoms with Crippen LogP contribution in [0.25, 0.3) is 22.8 Å². The average molecular weight is 516 g/mol. The van der Waals surface area contributed by atoms with Crippen LogP contribution < -0.4 is 23.8 Å². The zero-order chi connectivity index (χ0) is 26.6. The van der Waals surface area contributed by atoms with Crippen molar-refractivity contribution in [1.82, 2.24) is 20.3 Å². The van der Waals surface area contributed by atoms with Gasteiger partial charge in [-0.15, -0.1) is 0 Å². The van der Waals surface area contributed by atoms with Crippen LogP contribution in [0.4, 0.5) is 17.7 Å². The van der Waals surface area contributed by atoms with Crippen LogP contribution in [0, 0.1) is 6.92 Å². The Morgan fingerprint density at radius 3 is 1.53 bits per heavy atom. The molecule has 0 saturated heterocycles. The molecule has 0 fully saturated rings. The number of hydrogen-bond acceptors (Lipinski definition) is 11. The Morgan fingerprint density at radius 1 is 0.605 bits per heavy atom. The fourth-order valence-electron chi connectivity index (χ4n) is 3.90. The Labute approximate surface area is 218 Å². The smallest absolute Gasteiger partial charge is 0.337 e. The number of rotatable bonds is 9. The van der Waals surface area contributed by atoms with E-state index in [-0.39, 0.29) is 12.0 Å². The molecular weight excluding hydrogens is 490 g/mol. The first-order chi connectivity index (χ1) is 18.6. The lowest BCUT2D eigenvalue weighted by Crippen LogP contribution is -2.12. The summed E-state index contributed by atoms with van der Waals surface area (Å²) in [4.78, 5) is 10.9. The van der Waals surface area contributed by atoms with Gasteiger partial charge in [0.25, 0.3) is 0 Å². The van der Waals surface area contributed by atoms with E-state index in [2.05, 4.69) is 20.3 Å². The van der Waals surface area contributed by atoms with Crippen LogP contribution in [0.1, 0.15) is 5.56 Å². The summed E-state index contributed by atoms with van der Waals surface area (Å²) in [7, 11) is 6.28. The van der Waals surface area contributed by atoms with Crippen molar-refractivity contribution in [2.75, 3.05) is 33.3 Å². The van der Waals surface area contributed by atoms with Gasteiger partial charge in [0.2, 0.25) is 11.6 Å². The van der Waals surface area contributed by atoms with Crippen LogP contribution in [0.3, 0.4) is 0 Å². The SMILES string of the molecule is COc1ccc(-c2noc(N(c3nc(-c4ccc(OC)c(OC)c4)no3)c3ccccc3C)n2)cc1OC. The molecule has 11 heteroatoms. The number of methoxy groups -OCH3 is 4. The lowest BCUT2D eigenvalue weighted by molar-refractivity contribution is 0.355. The number of aryl methyl sites for hydroxylation is 1. The number of benzene rings is 3. The maximum atomic E-state index is 5.69. The Kier molecular flexibility index (Phi) is 6.81. The molecule has 0 spiro atoms. The molecule has 194 valence electrons. The number of anilines is 3. The van der Waals surface area contributed by atoms with Gasteiger partial charge in [0.05, 0.1) is 34.1 Å². The normalized spacial score (nSPS) is 10.8. The zero-order valence-corrected chi connectivity index (χ0v) is 21.5. The van der Waals surface area contributed by atoms with E-state index >= 15 is 0 Å². The van der Waals surface area contributed by atoms with Crippen LogP contribution in [0.5, 0.6) is 23.0 Å². The van der Waals surface area contributed by atoms with Crippen LogP contribution in [-0.2, 0) is 0 Å². The van der Waals surface area contributed by atoms with Gasteiger partial charge in [0.15, 0.2) is 23.0 Å². The van der Waals surface area contributed by atoms with E-state index in [1.807, 2.05) is 43.3 Å². The molecule has 0 aliphatic carbocycles. The second-order valence-electron chi connectivity index (χ2n) is 8.06. The molecule has 2 heterocycles. The zero-order valence-electron chi connectivity index (χ0n) is 21.5. The summed E-state index contributed by atoms with van der Waals surface area (Å²) in [5, 5.41) is 8.36. The molecule has 38 heavy (non-hydrogen) atoms. The van der Waals surface area contributed by atoms with Crippen molar-refractivity contribution < 1.29 is 28.0 Å². The van der Waals surface area contributed by atoms with E-state index in [0.717, 1.165) is 11.3 Å². The van der Waals surface area contributed by atoms with Gasteiger partial charge in [0, 0.05) is 11.1 Å². The molecule has 11 nitrogen and oxygen atoms in total. The maximum Gasteiger partial charge on any atom is 0.337 e. The Bertz CT molecular complexity index is 1470. The molecule has 3 aromatic carbocycles. The minimum atomic E-state index is 0.145. The molecule has 0 N–H and O–H groups in total. The van der Waals surface area contributed by atoms with Crippen molar-refractivity contribution in [3.63, 3.8) is 0 Å². The van der Waals surface area contributed by atoms with E-state index < -0.39 is 0 Å². The minimum Gasteiger partial charge on any atom is -0.493 e. The molecule has 5 aromatic rings. The lowest BCUT2D eigenvalue weighted by atomic mass is 10.2. The Balaban J connectivity index is 1.56. The number of aromatic nitrogens is 4. The lowest BCUT2D eigenvalue weighted by Gasteiger charge is -2.17. The molecule has 0 aliphatic heterocycles. The highest BCUT2D eigenvalue weighted by Crippen LogP contribution is 2.38. The summed E-state index contributed by atoms with van der Waals surface area (Å²) in [5.74, 6) is 2.97.